The Kier molecular flexibility index (Phi) is 7.32. The van der Waals surface area contributed by atoms with Gasteiger partial charge in [0.2, 0.25) is 10.0 Å². The van der Waals surface area contributed by atoms with Crippen LogP contribution < -0.4 is 14.8 Å². The number of aryl methyl sites for hydroxylation is 1. The van der Waals surface area contributed by atoms with Crippen molar-refractivity contribution in [3.8, 4) is 5.75 Å². The maximum atomic E-state index is 12.6. The van der Waals surface area contributed by atoms with Gasteiger partial charge in [0.1, 0.15) is 5.75 Å². The first-order valence-corrected chi connectivity index (χ1v) is 11.9. The van der Waals surface area contributed by atoms with Crippen LogP contribution in [0.15, 0.2) is 51.8 Å². The average Bonchev–Trinajstić information content (AvgIpc) is 2.69. The van der Waals surface area contributed by atoms with E-state index in [1.165, 1.54) is 6.07 Å². The lowest BCUT2D eigenvalue weighted by Crippen LogP contribution is -2.36. The molecule has 156 valence electrons. The molecule has 1 saturated carbocycles. The molecular formula is C21H25BrN2O4S. The van der Waals surface area contributed by atoms with E-state index in [0.29, 0.717) is 17.0 Å². The first kappa shape index (κ1) is 21.8. The Labute approximate surface area is 180 Å². The molecule has 2 aromatic rings. The van der Waals surface area contributed by atoms with Crippen LogP contribution in [0.3, 0.4) is 0 Å². The molecule has 0 saturated heterocycles. The zero-order valence-electron chi connectivity index (χ0n) is 16.3. The van der Waals surface area contributed by atoms with E-state index in [0.717, 1.165) is 36.6 Å². The fraction of sp³-hybridized carbons (Fsp3) is 0.381. The highest BCUT2D eigenvalue weighted by Gasteiger charge is 2.22. The van der Waals surface area contributed by atoms with Crippen LogP contribution in [-0.2, 0) is 14.8 Å². The second-order valence-corrected chi connectivity index (χ2v) is 9.77. The molecule has 1 aliphatic carbocycles. The highest BCUT2D eigenvalue weighted by molar-refractivity contribution is 9.10. The fourth-order valence-electron chi connectivity index (χ4n) is 3.35. The number of amides is 1. The fourth-order valence-corrected chi connectivity index (χ4v) is 5.12. The minimum absolute atomic E-state index is 0.00555. The smallest absolute Gasteiger partial charge is 0.262 e. The van der Waals surface area contributed by atoms with Crippen molar-refractivity contribution < 1.29 is 17.9 Å². The van der Waals surface area contributed by atoms with E-state index in [1.54, 1.807) is 25.1 Å². The summed E-state index contributed by atoms with van der Waals surface area (Å²) in [7, 11) is -3.57. The lowest BCUT2D eigenvalue weighted by molar-refractivity contribution is -0.118. The summed E-state index contributed by atoms with van der Waals surface area (Å²) in [5.74, 6) is 0.177. The van der Waals surface area contributed by atoms with E-state index in [9.17, 15) is 13.2 Å². The number of benzene rings is 2. The summed E-state index contributed by atoms with van der Waals surface area (Å²) in [5.41, 5.74) is 1.32. The van der Waals surface area contributed by atoms with Gasteiger partial charge >= 0.3 is 0 Å². The lowest BCUT2D eigenvalue weighted by atomic mass is 9.96. The number of para-hydroxylation sites is 1. The molecule has 6 nitrogen and oxygen atoms in total. The summed E-state index contributed by atoms with van der Waals surface area (Å²) in [6, 6.07) is 12.0. The van der Waals surface area contributed by atoms with Gasteiger partial charge in [-0.05, 0) is 71.6 Å². The highest BCUT2D eigenvalue weighted by atomic mass is 79.9. The Balaban J connectivity index is 1.60. The van der Waals surface area contributed by atoms with Crippen molar-refractivity contribution in [1.29, 1.82) is 0 Å². The molecule has 0 atom stereocenters. The minimum atomic E-state index is -3.57. The predicted molar refractivity (Wildman–Crippen MR) is 117 cm³/mol. The minimum Gasteiger partial charge on any atom is -0.483 e. The molecule has 1 aliphatic rings. The van der Waals surface area contributed by atoms with Crippen LogP contribution in [0, 0.1) is 6.92 Å². The van der Waals surface area contributed by atoms with Crippen molar-refractivity contribution in [1.82, 2.24) is 4.72 Å². The van der Waals surface area contributed by atoms with E-state index in [-0.39, 0.29) is 23.5 Å². The van der Waals surface area contributed by atoms with E-state index >= 15 is 0 Å². The van der Waals surface area contributed by atoms with E-state index in [1.807, 2.05) is 18.2 Å². The molecule has 8 heteroatoms. The first-order valence-electron chi connectivity index (χ1n) is 9.65. The van der Waals surface area contributed by atoms with Crippen LogP contribution >= 0.6 is 15.9 Å². The third-order valence-electron chi connectivity index (χ3n) is 4.89. The van der Waals surface area contributed by atoms with Crippen LogP contribution in [0.5, 0.6) is 5.75 Å². The maximum Gasteiger partial charge on any atom is 0.262 e. The lowest BCUT2D eigenvalue weighted by Gasteiger charge is -2.22. The summed E-state index contributed by atoms with van der Waals surface area (Å²) in [4.78, 5) is 12.3. The van der Waals surface area contributed by atoms with E-state index < -0.39 is 10.0 Å². The molecule has 0 bridgehead atoms. The van der Waals surface area contributed by atoms with Gasteiger partial charge in [0.25, 0.3) is 5.91 Å². The molecule has 1 amide bonds. The third kappa shape index (κ3) is 6.04. The first-order chi connectivity index (χ1) is 13.8. The number of rotatable bonds is 7. The molecular weight excluding hydrogens is 456 g/mol. The number of hydrogen-bond donors (Lipinski definition) is 2. The zero-order chi connectivity index (χ0) is 20.9. The number of sulfonamides is 1. The topological polar surface area (TPSA) is 84.5 Å². The van der Waals surface area contributed by atoms with Gasteiger partial charge in [-0.1, -0.05) is 31.4 Å². The van der Waals surface area contributed by atoms with Gasteiger partial charge in [0.15, 0.2) is 6.61 Å². The normalized spacial score (nSPS) is 15.1. The van der Waals surface area contributed by atoms with Crippen LogP contribution in [0.4, 0.5) is 5.69 Å². The van der Waals surface area contributed by atoms with Crippen LogP contribution in [0.1, 0.15) is 37.7 Å². The number of anilines is 1. The average molecular weight is 481 g/mol. The van der Waals surface area contributed by atoms with Gasteiger partial charge in [-0.15, -0.1) is 0 Å². The summed E-state index contributed by atoms with van der Waals surface area (Å²) >= 11 is 3.38. The number of nitrogens with one attached hydrogen (secondary N) is 2. The van der Waals surface area contributed by atoms with Crippen molar-refractivity contribution >= 4 is 37.5 Å². The van der Waals surface area contributed by atoms with Gasteiger partial charge in [0, 0.05) is 10.5 Å². The van der Waals surface area contributed by atoms with Crippen molar-refractivity contribution in [2.24, 2.45) is 0 Å². The van der Waals surface area contributed by atoms with Crippen molar-refractivity contribution in [2.45, 2.75) is 50.0 Å². The molecule has 2 N–H and O–H groups in total. The molecule has 29 heavy (non-hydrogen) atoms. The number of ether oxygens (including phenoxy) is 1. The molecule has 0 heterocycles. The Morgan fingerprint density at radius 1 is 1.14 bits per heavy atom. The van der Waals surface area contributed by atoms with Gasteiger partial charge in [-0.25, -0.2) is 13.1 Å². The predicted octanol–water partition coefficient (Wildman–Crippen LogP) is 4.39. The third-order valence-corrected chi connectivity index (χ3v) is 7.10. The van der Waals surface area contributed by atoms with Gasteiger partial charge in [0.05, 0.1) is 10.6 Å². The quantitative estimate of drug-likeness (QED) is 0.615. The van der Waals surface area contributed by atoms with Gasteiger partial charge in [-0.3, -0.25) is 4.79 Å². The molecule has 0 spiro atoms. The monoisotopic (exact) mass is 480 g/mol. The molecule has 0 radical (unpaired) electrons. The molecule has 0 aromatic heterocycles. The molecule has 0 aliphatic heterocycles. The standard InChI is InChI=1S/C21H25BrN2O4S/c1-15-13-17(29(26,27)24-16-7-3-2-4-8-16)11-12-20(15)28-14-21(25)23-19-10-6-5-9-18(19)22/h5-6,9-13,16,24H,2-4,7-8,14H2,1H3,(H,23,25). The van der Waals surface area contributed by atoms with E-state index in [4.69, 9.17) is 4.74 Å². The van der Waals surface area contributed by atoms with Crippen molar-refractivity contribution in [2.75, 3.05) is 11.9 Å². The molecule has 3 rings (SSSR count). The zero-order valence-corrected chi connectivity index (χ0v) is 18.7. The second kappa shape index (κ2) is 9.73. The largest absolute Gasteiger partial charge is 0.483 e. The molecule has 2 aromatic carbocycles. The number of hydrogen-bond acceptors (Lipinski definition) is 4. The SMILES string of the molecule is Cc1cc(S(=O)(=O)NC2CCCCC2)ccc1OCC(=O)Nc1ccccc1Br. The number of halogens is 1. The summed E-state index contributed by atoms with van der Waals surface area (Å²) in [6.45, 7) is 1.59. The Morgan fingerprint density at radius 3 is 2.55 bits per heavy atom. The van der Waals surface area contributed by atoms with Crippen LogP contribution in [0.2, 0.25) is 0 Å². The maximum absolute atomic E-state index is 12.6. The second-order valence-electron chi connectivity index (χ2n) is 7.20. The van der Waals surface area contributed by atoms with Gasteiger partial charge < -0.3 is 10.1 Å². The Morgan fingerprint density at radius 2 is 1.86 bits per heavy atom. The Hall–Kier alpha value is -1.90. The van der Waals surface area contributed by atoms with E-state index in [2.05, 4.69) is 26.0 Å². The molecule has 0 unspecified atom stereocenters. The van der Waals surface area contributed by atoms with Crippen LogP contribution in [0.25, 0.3) is 0 Å². The Bertz CT molecular complexity index is 972. The van der Waals surface area contributed by atoms with Crippen LogP contribution in [-0.4, -0.2) is 27.0 Å². The summed E-state index contributed by atoms with van der Waals surface area (Å²) in [5, 5.41) is 2.76. The van der Waals surface area contributed by atoms with Crippen molar-refractivity contribution in [3.63, 3.8) is 0 Å². The molecule has 1 fully saturated rings. The number of carbonyl (C=O) groups is 1. The highest BCUT2D eigenvalue weighted by Crippen LogP contribution is 2.25. The summed E-state index contributed by atoms with van der Waals surface area (Å²) in [6.07, 6.45) is 5.04. The van der Waals surface area contributed by atoms with Crippen molar-refractivity contribution in [3.05, 3.63) is 52.5 Å². The number of carbonyl (C=O) groups excluding carboxylic acids is 1. The summed E-state index contributed by atoms with van der Waals surface area (Å²) < 4.78 is 34.5. The van der Waals surface area contributed by atoms with Gasteiger partial charge in [-0.2, -0.15) is 0 Å².